The second-order valence-corrected chi connectivity index (χ2v) is 9.99. The van der Waals surface area contributed by atoms with E-state index in [1.165, 1.54) is 6.07 Å². The molecule has 0 amide bonds. The van der Waals surface area contributed by atoms with Crippen molar-refractivity contribution in [1.82, 2.24) is 24.6 Å². The van der Waals surface area contributed by atoms with Gasteiger partial charge in [0, 0.05) is 34.3 Å². The number of nitrogens with zero attached hydrogens (tertiary/aromatic N) is 5. The summed E-state index contributed by atoms with van der Waals surface area (Å²) in [5.74, 6) is 2.29. The molecule has 1 aliphatic heterocycles. The largest absolute Gasteiger partial charge is 0.473 e. The Labute approximate surface area is 224 Å². The van der Waals surface area contributed by atoms with E-state index in [1.807, 2.05) is 42.5 Å². The Kier molecular flexibility index (Phi) is 7.07. The second-order valence-electron chi connectivity index (χ2n) is 9.56. The molecule has 0 unspecified atom stereocenters. The third-order valence-corrected chi connectivity index (χ3v) is 7.28. The van der Waals surface area contributed by atoms with E-state index in [1.54, 1.807) is 18.3 Å². The number of fused-ring (bicyclic) bond motifs is 1. The van der Waals surface area contributed by atoms with E-state index < -0.39 is 0 Å². The van der Waals surface area contributed by atoms with Crippen molar-refractivity contribution in [2.24, 2.45) is 0 Å². The maximum Gasteiger partial charge on any atom is 0.213 e. The minimum atomic E-state index is -0.379. The minimum absolute atomic E-state index is 0.104. The average molecular weight is 532 g/mol. The fraction of sp³-hybridized carbons (Fsp3) is 0.276. The molecule has 7 nitrogen and oxygen atoms in total. The van der Waals surface area contributed by atoms with Crippen LogP contribution in [0.15, 0.2) is 77.4 Å². The number of hydrogen-bond donors (Lipinski definition) is 0. The Balaban J connectivity index is 1.10. The summed E-state index contributed by atoms with van der Waals surface area (Å²) < 4.78 is 27.5. The van der Waals surface area contributed by atoms with Gasteiger partial charge in [0.2, 0.25) is 5.88 Å². The number of aromatic nitrogens is 4. The van der Waals surface area contributed by atoms with Crippen LogP contribution in [0.5, 0.6) is 5.88 Å². The van der Waals surface area contributed by atoms with Gasteiger partial charge < -0.3 is 13.8 Å². The lowest BCUT2D eigenvalue weighted by Gasteiger charge is -2.31. The van der Waals surface area contributed by atoms with E-state index in [9.17, 15) is 4.39 Å². The first kappa shape index (κ1) is 24.6. The lowest BCUT2D eigenvalue weighted by Crippen LogP contribution is -2.33. The van der Waals surface area contributed by atoms with E-state index in [-0.39, 0.29) is 12.4 Å². The molecule has 0 aliphatic carbocycles. The Morgan fingerprint density at radius 1 is 0.974 bits per heavy atom. The van der Waals surface area contributed by atoms with E-state index in [4.69, 9.17) is 30.8 Å². The molecule has 1 aliphatic rings. The zero-order chi connectivity index (χ0) is 25.9. The minimum Gasteiger partial charge on any atom is -0.473 e. The quantitative estimate of drug-likeness (QED) is 0.237. The summed E-state index contributed by atoms with van der Waals surface area (Å²) in [5, 5.41) is 4.22. The van der Waals surface area contributed by atoms with Crippen LogP contribution in [0.1, 0.15) is 41.6 Å². The van der Waals surface area contributed by atoms with Crippen LogP contribution < -0.4 is 4.74 Å². The molecule has 4 heterocycles. The number of pyridine rings is 1. The van der Waals surface area contributed by atoms with Gasteiger partial charge in [-0.2, -0.15) is 0 Å². The maximum atomic E-state index is 14.1. The van der Waals surface area contributed by atoms with Crippen molar-refractivity contribution >= 4 is 22.6 Å². The molecular formula is C29H27ClFN5O2. The number of para-hydroxylation sites is 2. The molecule has 0 atom stereocenters. The number of ether oxygens (including phenoxy) is 1. The van der Waals surface area contributed by atoms with Gasteiger partial charge in [-0.15, -0.1) is 0 Å². The van der Waals surface area contributed by atoms with E-state index in [0.717, 1.165) is 60.8 Å². The number of rotatable bonds is 8. The van der Waals surface area contributed by atoms with Crippen molar-refractivity contribution in [2.75, 3.05) is 13.1 Å². The highest BCUT2D eigenvalue weighted by Crippen LogP contribution is 2.29. The van der Waals surface area contributed by atoms with Gasteiger partial charge >= 0.3 is 0 Å². The average Bonchev–Trinajstić information content (AvgIpc) is 3.57. The Morgan fingerprint density at radius 2 is 1.84 bits per heavy atom. The van der Waals surface area contributed by atoms with Gasteiger partial charge in [-0.25, -0.2) is 14.4 Å². The highest BCUT2D eigenvalue weighted by molar-refractivity contribution is 6.30. The molecule has 6 rings (SSSR count). The molecular weight excluding hydrogens is 505 g/mol. The Hall–Kier alpha value is -3.75. The molecule has 0 bridgehead atoms. The van der Waals surface area contributed by atoms with Crippen LogP contribution in [-0.2, 0) is 19.7 Å². The molecule has 5 aromatic rings. The van der Waals surface area contributed by atoms with Crippen molar-refractivity contribution in [2.45, 2.75) is 38.5 Å². The van der Waals surface area contributed by atoms with E-state index in [2.05, 4.69) is 20.7 Å². The van der Waals surface area contributed by atoms with Gasteiger partial charge in [0.25, 0.3) is 0 Å². The zero-order valence-electron chi connectivity index (χ0n) is 20.8. The molecule has 38 heavy (non-hydrogen) atoms. The number of piperidine rings is 1. The standard InChI is InChI=1S/C29H27ClFN5O2/c30-22-9-8-21(24(31)16-22)19-37-29-7-3-5-25(34-29)20-11-14-35(15-12-20)18-28-33-26-4-1-2-6-27(26)36(28)17-23-10-13-32-38-23/h1-10,13,16,20H,11-12,14-15,17-19H2. The van der Waals surface area contributed by atoms with Crippen LogP contribution in [-0.4, -0.2) is 37.7 Å². The van der Waals surface area contributed by atoms with E-state index in [0.29, 0.717) is 28.9 Å². The third-order valence-electron chi connectivity index (χ3n) is 7.05. The summed E-state index contributed by atoms with van der Waals surface area (Å²) in [6.45, 7) is 3.35. The Morgan fingerprint density at radius 3 is 2.66 bits per heavy atom. The normalized spacial score (nSPS) is 14.8. The maximum absolute atomic E-state index is 14.1. The number of halogens is 2. The monoisotopic (exact) mass is 531 g/mol. The van der Waals surface area contributed by atoms with Gasteiger partial charge in [-0.1, -0.05) is 41.0 Å². The molecule has 0 saturated carbocycles. The fourth-order valence-corrected chi connectivity index (χ4v) is 5.18. The fourth-order valence-electron chi connectivity index (χ4n) is 5.02. The first-order chi connectivity index (χ1) is 18.6. The lowest BCUT2D eigenvalue weighted by atomic mass is 9.93. The molecule has 0 radical (unpaired) electrons. The molecule has 9 heteroatoms. The molecule has 2 aromatic carbocycles. The van der Waals surface area contributed by atoms with Crippen LogP contribution in [0.4, 0.5) is 4.39 Å². The van der Waals surface area contributed by atoms with Crippen molar-refractivity contribution in [3.63, 3.8) is 0 Å². The molecule has 194 valence electrons. The molecule has 0 spiro atoms. The highest BCUT2D eigenvalue weighted by atomic mass is 35.5. The van der Waals surface area contributed by atoms with Crippen LogP contribution in [0.3, 0.4) is 0 Å². The molecule has 0 N–H and O–H groups in total. The van der Waals surface area contributed by atoms with Crippen LogP contribution in [0.2, 0.25) is 5.02 Å². The number of benzene rings is 2. The van der Waals surface area contributed by atoms with Gasteiger partial charge in [0.15, 0.2) is 5.76 Å². The first-order valence-electron chi connectivity index (χ1n) is 12.7. The van der Waals surface area contributed by atoms with Gasteiger partial charge in [0.1, 0.15) is 18.2 Å². The van der Waals surface area contributed by atoms with Crippen LogP contribution >= 0.6 is 11.6 Å². The predicted octanol–water partition coefficient (Wildman–Crippen LogP) is 6.22. The van der Waals surface area contributed by atoms with E-state index >= 15 is 0 Å². The molecule has 1 fully saturated rings. The summed E-state index contributed by atoms with van der Waals surface area (Å²) in [6, 6.07) is 20.5. The third kappa shape index (κ3) is 5.42. The SMILES string of the molecule is Fc1cc(Cl)ccc1COc1cccc(C2CCN(Cc3nc4ccccc4n3Cc3ccno3)CC2)n1. The summed E-state index contributed by atoms with van der Waals surface area (Å²) in [5.41, 5.74) is 3.53. The number of likely N-dealkylation sites (tertiary alicyclic amines) is 1. The summed E-state index contributed by atoms with van der Waals surface area (Å²) in [6.07, 6.45) is 3.65. The summed E-state index contributed by atoms with van der Waals surface area (Å²) in [4.78, 5) is 12.1. The first-order valence-corrected chi connectivity index (χ1v) is 13.1. The number of hydrogen-bond acceptors (Lipinski definition) is 6. The van der Waals surface area contributed by atoms with Crippen molar-refractivity contribution in [3.8, 4) is 5.88 Å². The molecule has 3 aromatic heterocycles. The number of imidazole rings is 1. The van der Waals surface area contributed by atoms with Gasteiger partial charge in [-0.3, -0.25) is 4.90 Å². The summed E-state index contributed by atoms with van der Waals surface area (Å²) in [7, 11) is 0. The summed E-state index contributed by atoms with van der Waals surface area (Å²) >= 11 is 5.84. The van der Waals surface area contributed by atoms with Crippen molar-refractivity contribution in [3.05, 3.63) is 107 Å². The Bertz CT molecular complexity index is 1530. The smallest absolute Gasteiger partial charge is 0.213 e. The van der Waals surface area contributed by atoms with Gasteiger partial charge in [0.05, 0.1) is 30.3 Å². The predicted molar refractivity (Wildman–Crippen MR) is 143 cm³/mol. The van der Waals surface area contributed by atoms with Crippen molar-refractivity contribution < 1.29 is 13.7 Å². The lowest BCUT2D eigenvalue weighted by molar-refractivity contribution is 0.196. The highest BCUT2D eigenvalue weighted by Gasteiger charge is 2.24. The topological polar surface area (TPSA) is 69.2 Å². The van der Waals surface area contributed by atoms with Crippen LogP contribution in [0, 0.1) is 5.82 Å². The van der Waals surface area contributed by atoms with Gasteiger partial charge in [-0.05, 0) is 56.3 Å². The second kappa shape index (κ2) is 10.9. The zero-order valence-corrected chi connectivity index (χ0v) is 21.5. The molecule has 1 saturated heterocycles. The van der Waals surface area contributed by atoms with Crippen molar-refractivity contribution in [1.29, 1.82) is 0 Å². The van der Waals surface area contributed by atoms with Crippen LogP contribution in [0.25, 0.3) is 11.0 Å².